The molecule has 0 aromatic carbocycles. The van der Waals surface area contributed by atoms with Crippen LogP contribution in [-0.4, -0.2) is 85.1 Å². The average molecular weight is 435 g/mol. The number of hydrogen-bond donors (Lipinski definition) is 1. The third-order valence-corrected chi connectivity index (χ3v) is 5.08. The summed E-state index contributed by atoms with van der Waals surface area (Å²) in [5, 5.41) is 1.79. The number of thioether (sulfide) groups is 1. The SMILES string of the molecule is CC(=O)N[C@@H](C(=O)OCCCN1CCOCC1)C(C)(C)SC(=O)OCOC(C)=O. The average Bonchev–Trinajstić information content (AvgIpc) is 2.63. The highest BCUT2D eigenvalue weighted by atomic mass is 32.2. The van der Waals surface area contributed by atoms with Crippen molar-refractivity contribution in [1.29, 1.82) is 0 Å². The van der Waals surface area contributed by atoms with Gasteiger partial charge in [0.15, 0.2) is 0 Å². The first-order valence-electron chi connectivity index (χ1n) is 9.35. The molecular formula is C18H30N2O8S. The van der Waals surface area contributed by atoms with E-state index < -0.39 is 40.7 Å². The molecule has 1 fully saturated rings. The number of morpholine rings is 1. The molecule has 1 aliphatic heterocycles. The standard InChI is InChI=1S/C18H30N2O8S/c1-13(21)19-15(18(3,4)29-17(24)28-12-27-14(2)22)16(23)26-9-5-6-20-7-10-25-11-8-20/h15H,5-12H2,1-4H3,(H,19,21)/t15-/m0/s1. The van der Waals surface area contributed by atoms with Crippen molar-refractivity contribution in [3.05, 3.63) is 0 Å². The maximum Gasteiger partial charge on any atom is 0.370 e. The molecule has 0 saturated carbocycles. The fraction of sp³-hybridized carbons (Fsp3) is 0.778. The second-order valence-electron chi connectivity index (χ2n) is 6.96. The Morgan fingerprint density at radius 3 is 2.34 bits per heavy atom. The summed E-state index contributed by atoms with van der Waals surface area (Å²) in [5.74, 6) is -1.64. The summed E-state index contributed by atoms with van der Waals surface area (Å²) in [7, 11) is 0. The van der Waals surface area contributed by atoms with E-state index in [1.54, 1.807) is 13.8 Å². The zero-order valence-corrected chi connectivity index (χ0v) is 18.2. The van der Waals surface area contributed by atoms with Gasteiger partial charge in [0.05, 0.1) is 24.6 Å². The molecule has 1 aliphatic rings. The normalized spacial score (nSPS) is 15.9. The molecule has 1 amide bonds. The topological polar surface area (TPSA) is 120 Å². The minimum atomic E-state index is -1.06. The third-order valence-electron chi connectivity index (χ3n) is 4.03. The number of amides is 1. The van der Waals surface area contributed by atoms with Gasteiger partial charge in [0, 0.05) is 33.5 Å². The van der Waals surface area contributed by atoms with E-state index in [1.807, 2.05) is 0 Å². The lowest BCUT2D eigenvalue weighted by atomic mass is 10.0. The fourth-order valence-electron chi connectivity index (χ4n) is 2.55. The molecule has 0 bridgehead atoms. The summed E-state index contributed by atoms with van der Waals surface area (Å²) in [5.41, 5.74) is 0. The minimum absolute atomic E-state index is 0.198. The van der Waals surface area contributed by atoms with Gasteiger partial charge in [-0.05, 0) is 32.0 Å². The zero-order valence-electron chi connectivity index (χ0n) is 17.4. The highest BCUT2D eigenvalue weighted by Gasteiger charge is 2.40. The van der Waals surface area contributed by atoms with Gasteiger partial charge in [-0.1, -0.05) is 0 Å². The van der Waals surface area contributed by atoms with E-state index >= 15 is 0 Å². The number of rotatable bonds is 10. The molecule has 1 heterocycles. The summed E-state index contributed by atoms with van der Waals surface area (Å²) in [6.45, 7) is 9.24. The lowest BCUT2D eigenvalue weighted by Gasteiger charge is -2.31. The Labute approximate surface area is 174 Å². The van der Waals surface area contributed by atoms with Crippen molar-refractivity contribution in [2.45, 2.75) is 44.9 Å². The highest BCUT2D eigenvalue weighted by molar-refractivity contribution is 8.14. The van der Waals surface area contributed by atoms with Crippen LogP contribution in [0.5, 0.6) is 0 Å². The third kappa shape index (κ3) is 10.5. The van der Waals surface area contributed by atoms with E-state index in [0.29, 0.717) is 31.4 Å². The van der Waals surface area contributed by atoms with E-state index in [-0.39, 0.29) is 6.61 Å². The Bertz CT molecular complexity index is 578. The van der Waals surface area contributed by atoms with E-state index in [9.17, 15) is 19.2 Å². The van der Waals surface area contributed by atoms with E-state index in [4.69, 9.17) is 14.2 Å². The molecule has 1 saturated heterocycles. The molecule has 11 heteroatoms. The molecule has 0 radical (unpaired) electrons. The van der Waals surface area contributed by atoms with Gasteiger partial charge in [0.1, 0.15) is 6.04 Å². The van der Waals surface area contributed by atoms with Gasteiger partial charge in [0.25, 0.3) is 0 Å². The van der Waals surface area contributed by atoms with Gasteiger partial charge < -0.3 is 24.3 Å². The van der Waals surface area contributed by atoms with Crippen LogP contribution < -0.4 is 5.32 Å². The first kappa shape index (κ1) is 25.2. The van der Waals surface area contributed by atoms with Crippen molar-refractivity contribution in [1.82, 2.24) is 10.2 Å². The van der Waals surface area contributed by atoms with Gasteiger partial charge >= 0.3 is 17.2 Å². The van der Waals surface area contributed by atoms with Crippen molar-refractivity contribution in [3.8, 4) is 0 Å². The van der Waals surface area contributed by atoms with Crippen LogP contribution in [0.15, 0.2) is 0 Å². The summed E-state index contributed by atoms with van der Waals surface area (Å²) in [6, 6.07) is -1.06. The zero-order chi connectivity index (χ0) is 21.9. The van der Waals surface area contributed by atoms with Gasteiger partial charge in [-0.2, -0.15) is 0 Å². The predicted molar refractivity (Wildman–Crippen MR) is 105 cm³/mol. The van der Waals surface area contributed by atoms with Crippen LogP contribution in [0.1, 0.15) is 34.1 Å². The number of carbonyl (C=O) groups excluding carboxylic acids is 4. The minimum Gasteiger partial charge on any atom is -0.464 e. The number of hydrogen-bond acceptors (Lipinski definition) is 10. The van der Waals surface area contributed by atoms with Gasteiger partial charge in [-0.15, -0.1) is 0 Å². The quantitative estimate of drug-likeness (QED) is 0.302. The molecule has 1 rings (SSSR count). The molecular weight excluding hydrogens is 404 g/mol. The molecule has 1 atom stereocenters. The van der Waals surface area contributed by atoms with Gasteiger partial charge in [-0.3, -0.25) is 14.5 Å². The Hall–Kier alpha value is -1.85. The Morgan fingerprint density at radius 1 is 1.10 bits per heavy atom. The summed E-state index contributed by atoms with van der Waals surface area (Å²) >= 11 is 0.704. The van der Waals surface area contributed by atoms with Crippen molar-refractivity contribution in [2.75, 3.05) is 46.2 Å². The van der Waals surface area contributed by atoms with Crippen LogP contribution in [0.3, 0.4) is 0 Å². The molecule has 10 nitrogen and oxygen atoms in total. The number of esters is 2. The molecule has 0 aromatic heterocycles. The van der Waals surface area contributed by atoms with Crippen LogP contribution in [-0.2, 0) is 33.3 Å². The van der Waals surface area contributed by atoms with E-state index in [2.05, 4.69) is 15.0 Å². The van der Waals surface area contributed by atoms with Gasteiger partial charge in [-0.25, -0.2) is 9.59 Å². The number of carbonyl (C=O) groups is 4. The maximum absolute atomic E-state index is 12.6. The number of ether oxygens (including phenoxy) is 4. The lowest BCUT2D eigenvalue weighted by molar-refractivity contribution is -0.149. The molecule has 1 N–H and O–H groups in total. The monoisotopic (exact) mass is 434 g/mol. The second-order valence-corrected chi connectivity index (χ2v) is 8.55. The Balaban J connectivity index is 2.53. The van der Waals surface area contributed by atoms with Crippen LogP contribution in [0.4, 0.5) is 4.79 Å². The molecule has 166 valence electrons. The first-order chi connectivity index (χ1) is 13.6. The summed E-state index contributed by atoms with van der Waals surface area (Å²) in [4.78, 5) is 49.0. The molecule has 0 unspecified atom stereocenters. The van der Waals surface area contributed by atoms with E-state index in [1.165, 1.54) is 13.8 Å². The Kier molecular flexibility index (Phi) is 11.0. The second kappa shape index (κ2) is 12.7. The van der Waals surface area contributed by atoms with Crippen molar-refractivity contribution in [2.24, 2.45) is 0 Å². The molecule has 0 aliphatic carbocycles. The van der Waals surface area contributed by atoms with Gasteiger partial charge in [0.2, 0.25) is 12.7 Å². The maximum atomic E-state index is 12.6. The van der Waals surface area contributed by atoms with Crippen LogP contribution in [0.25, 0.3) is 0 Å². The number of nitrogens with one attached hydrogen (secondary N) is 1. The summed E-state index contributed by atoms with van der Waals surface area (Å²) < 4.78 is 18.9. The molecule has 0 spiro atoms. The molecule has 29 heavy (non-hydrogen) atoms. The first-order valence-corrected chi connectivity index (χ1v) is 10.2. The summed E-state index contributed by atoms with van der Waals surface area (Å²) in [6.07, 6.45) is 0.649. The van der Waals surface area contributed by atoms with Crippen LogP contribution in [0, 0.1) is 0 Å². The van der Waals surface area contributed by atoms with Crippen molar-refractivity contribution >= 4 is 34.9 Å². The lowest BCUT2D eigenvalue weighted by Crippen LogP contribution is -2.53. The molecule has 0 aromatic rings. The Morgan fingerprint density at radius 2 is 1.76 bits per heavy atom. The number of nitrogens with zero attached hydrogens (tertiary/aromatic N) is 1. The van der Waals surface area contributed by atoms with Crippen molar-refractivity contribution in [3.63, 3.8) is 0 Å². The fourth-order valence-corrected chi connectivity index (χ4v) is 3.36. The smallest absolute Gasteiger partial charge is 0.370 e. The van der Waals surface area contributed by atoms with Crippen LogP contribution in [0.2, 0.25) is 0 Å². The predicted octanol–water partition coefficient (Wildman–Crippen LogP) is 0.926. The van der Waals surface area contributed by atoms with E-state index in [0.717, 1.165) is 19.6 Å². The highest BCUT2D eigenvalue weighted by Crippen LogP contribution is 2.30. The van der Waals surface area contributed by atoms with Crippen LogP contribution >= 0.6 is 11.8 Å². The largest absolute Gasteiger partial charge is 0.464 e. The van der Waals surface area contributed by atoms with Crippen molar-refractivity contribution < 1.29 is 38.1 Å².